The van der Waals surface area contributed by atoms with Crippen LogP contribution < -0.4 is 5.32 Å². The molecule has 0 aromatic carbocycles. The van der Waals surface area contributed by atoms with Crippen molar-refractivity contribution >= 4 is 5.91 Å². The Bertz CT molecular complexity index is 479. The van der Waals surface area contributed by atoms with Gasteiger partial charge in [-0.2, -0.15) is 0 Å². The molecule has 1 amide bonds. The van der Waals surface area contributed by atoms with Crippen molar-refractivity contribution in [2.75, 3.05) is 13.7 Å². The summed E-state index contributed by atoms with van der Waals surface area (Å²) in [6.07, 6.45) is -11.4. The van der Waals surface area contributed by atoms with E-state index in [0.717, 1.165) is 0 Å². The van der Waals surface area contributed by atoms with Gasteiger partial charge < -0.3 is 49.8 Å². The van der Waals surface area contributed by atoms with Crippen molar-refractivity contribution in [1.82, 2.24) is 5.32 Å². The highest BCUT2D eigenvalue weighted by atomic mass is 16.7. The van der Waals surface area contributed by atoms with E-state index in [1.807, 2.05) is 0 Å². The van der Waals surface area contributed by atoms with E-state index < -0.39 is 73.9 Å². The first-order valence-electron chi connectivity index (χ1n) is 8.30. The Kier molecular flexibility index (Phi) is 7.30. The van der Waals surface area contributed by atoms with Crippen LogP contribution in [0.5, 0.6) is 0 Å². The fourth-order valence-electron chi connectivity index (χ4n) is 3.10. The Balaban J connectivity index is 2.23. The zero-order chi connectivity index (χ0) is 19.6. The minimum atomic E-state index is -1.59. The van der Waals surface area contributed by atoms with Gasteiger partial charge in [-0.05, 0) is 6.92 Å². The van der Waals surface area contributed by atoms with Gasteiger partial charge >= 0.3 is 0 Å². The molecule has 10 atom stereocenters. The molecule has 6 N–H and O–H groups in total. The van der Waals surface area contributed by atoms with E-state index >= 15 is 0 Å². The smallest absolute Gasteiger partial charge is 0.217 e. The first-order chi connectivity index (χ1) is 12.2. The molecule has 0 spiro atoms. The maximum absolute atomic E-state index is 11.5. The van der Waals surface area contributed by atoms with Gasteiger partial charge in [-0.3, -0.25) is 4.79 Å². The summed E-state index contributed by atoms with van der Waals surface area (Å²) in [5, 5.41) is 52.2. The van der Waals surface area contributed by atoms with Crippen molar-refractivity contribution in [2.45, 2.75) is 75.2 Å². The van der Waals surface area contributed by atoms with E-state index in [4.69, 9.17) is 18.9 Å². The topological polar surface area (TPSA) is 167 Å². The second-order valence-electron chi connectivity index (χ2n) is 6.46. The van der Waals surface area contributed by atoms with Crippen molar-refractivity contribution in [3.05, 3.63) is 0 Å². The van der Waals surface area contributed by atoms with E-state index in [1.165, 1.54) is 21.0 Å². The summed E-state index contributed by atoms with van der Waals surface area (Å²) < 4.78 is 21.6. The lowest BCUT2D eigenvalue weighted by Crippen LogP contribution is -2.67. The molecule has 0 saturated carbocycles. The fourth-order valence-corrected chi connectivity index (χ4v) is 3.10. The van der Waals surface area contributed by atoms with Gasteiger partial charge in [0.15, 0.2) is 12.6 Å². The number of rotatable bonds is 5. The van der Waals surface area contributed by atoms with E-state index in [0.29, 0.717) is 0 Å². The van der Waals surface area contributed by atoms with Crippen molar-refractivity contribution < 1.29 is 49.3 Å². The number of ether oxygens (including phenoxy) is 4. The van der Waals surface area contributed by atoms with Crippen LogP contribution >= 0.6 is 0 Å². The molecule has 152 valence electrons. The molecule has 11 nitrogen and oxygen atoms in total. The van der Waals surface area contributed by atoms with Crippen LogP contribution in [-0.4, -0.2) is 107 Å². The molecule has 2 heterocycles. The monoisotopic (exact) mass is 381 g/mol. The van der Waals surface area contributed by atoms with E-state index in [2.05, 4.69) is 5.32 Å². The summed E-state index contributed by atoms with van der Waals surface area (Å²) in [7, 11) is 1.32. The molecule has 0 aliphatic carbocycles. The SMILES string of the molecule is COC1OC(CO)[C@@H](O)C(OC2O[C@@H](C)[C@@H](O)[C@@H](O)C2O)[C@H]1NC(C)=O. The molecule has 0 radical (unpaired) electrons. The molecule has 5 unspecified atom stereocenters. The second kappa shape index (κ2) is 8.87. The van der Waals surface area contributed by atoms with Gasteiger partial charge in [-0.1, -0.05) is 0 Å². The molecule has 0 aromatic heterocycles. The number of carbonyl (C=O) groups excluding carboxylic acids is 1. The molecule has 0 bridgehead atoms. The summed E-state index contributed by atoms with van der Waals surface area (Å²) in [6, 6.07) is -0.981. The number of carbonyl (C=O) groups is 1. The molecule has 0 aromatic rings. The van der Waals surface area contributed by atoms with Gasteiger partial charge in [0.25, 0.3) is 0 Å². The Morgan fingerprint density at radius 3 is 2.23 bits per heavy atom. The Morgan fingerprint density at radius 2 is 1.69 bits per heavy atom. The van der Waals surface area contributed by atoms with Gasteiger partial charge in [-0.15, -0.1) is 0 Å². The van der Waals surface area contributed by atoms with Crippen LogP contribution in [0.3, 0.4) is 0 Å². The van der Waals surface area contributed by atoms with Crippen LogP contribution in [0, 0.1) is 0 Å². The summed E-state index contributed by atoms with van der Waals surface area (Å²) in [5.74, 6) is -0.446. The number of methoxy groups -OCH3 is 1. The molecule has 11 heteroatoms. The first-order valence-corrected chi connectivity index (χ1v) is 8.30. The van der Waals surface area contributed by atoms with Gasteiger partial charge in [0.2, 0.25) is 5.91 Å². The number of aliphatic hydroxyl groups is 5. The normalized spacial score (nSPS) is 46.8. The minimum Gasteiger partial charge on any atom is -0.394 e. The van der Waals surface area contributed by atoms with Crippen molar-refractivity contribution in [1.29, 1.82) is 0 Å². The van der Waals surface area contributed by atoms with Gasteiger partial charge in [0.1, 0.15) is 42.7 Å². The maximum atomic E-state index is 11.5. The van der Waals surface area contributed by atoms with Crippen molar-refractivity contribution in [3.63, 3.8) is 0 Å². The molecular formula is C15H27NO10. The minimum absolute atomic E-state index is 0.446. The highest BCUT2D eigenvalue weighted by Gasteiger charge is 2.50. The molecule has 2 fully saturated rings. The lowest BCUT2D eigenvalue weighted by atomic mass is 9.95. The average molecular weight is 381 g/mol. The third-order valence-corrected chi connectivity index (χ3v) is 4.56. The Morgan fingerprint density at radius 1 is 1.04 bits per heavy atom. The molecule has 2 saturated heterocycles. The zero-order valence-electron chi connectivity index (χ0n) is 14.8. The van der Waals surface area contributed by atoms with Crippen LogP contribution in [0.1, 0.15) is 13.8 Å². The first kappa shape index (κ1) is 21.4. The van der Waals surface area contributed by atoms with Crippen LogP contribution in [0.15, 0.2) is 0 Å². The summed E-state index contributed by atoms with van der Waals surface area (Å²) in [6.45, 7) is 2.19. The molecule has 2 aliphatic rings. The van der Waals surface area contributed by atoms with Gasteiger partial charge in [-0.25, -0.2) is 0 Å². The van der Waals surface area contributed by atoms with Crippen molar-refractivity contribution in [3.8, 4) is 0 Å². The molecular weight excluding hydrogens is 354 g/mol. The third-order valence-electron chi connectivity index (χ3n) is 4.56. The lowest BCUT2D eigenvalue weighted by Gasteiger charge is -2.47. The largest absolute Gasteiger partial charge is 0.394 e. The number of nitrogens with one attached hydrogen (secondary N) is 1. The van der Waals surface area contributed by atoms with Crippen LogP contribution in [0.25, 0.3) is 0 Å². The van der Waals surface area contributed by atoms with Gasteiger partial charge in [0, 0.05) is 14.0 Å². The number of hydrogen-bond acceptors (Lipinski definition) is 10. The highest BCUT2D eigenvalue weighted by Crippen LogP contribution is 2.29. The quantitative estimate of drug-likeness (QED) is 0.280. The number of amides is 1. The molecule has 26 heavy (non-hydrogen) atoms. The third kappa shape index (κ3) is 4.32. The summed E-state index contributed by atoms with van der Waals surface area (Å²) in [5.41, 5.74) is 0. The van der Waals surface area contributed by atoms with Crippen LogP contribution in [-0.2, 0) is 23.7 Å². The number of hydrogen-bond donors (Lipinski definition) is 6. The van der Waals surface area contributed by atoms with E-state index in [1.54, 1.807) is 0 Å². The standard InChI is InChI=1S/C15H27NO10/c1-5-9(19)11(21)12(22)15(24-5)26-13-8(16-6(2)18)14(23-3)25-7(4-17)10(13)20/h5,7-15,17,19-22H,4H2,1-3H3,(H,16,18)/t5-,7?,8+,9+,10+,11+,12?,13?,14?,15?/m0/s1. The molecule has 2 aliphatic heterocycles. The fraction of sp³-hybridized carbons (Fsp3) is 0.933. The summed E-state index contributed by atoms with van der Waals surface area (Å²) in [4.78, 5) is 11.5. The molecule has 2 rings (SSSR count). The zero-order valence-corrected chi connectivity index (χ0v) is 14.8. The lowest BCUT2D eigenvalue weighted by molar-refractivity contribution is -0.339. The van der Waals surface area contributed by atoms with E-state index in [-0.39, 0.29) is 0 Å². The summed E-state index contributed by atoms with van der Waals surface area (Å²) >= 11 is 0. The second-order valence-corrected chi connectivity index (χ2v) is 6.46. The van der Waals surface area contributed by atoms with Crippen molar-refractivity contribution in [2.24, 2.45) is 0 Å². The van der Waals surface area contributed by atoms with Gasteiger partial charge in [0.05, 0.1) is 12.7 Å². The maximum Gasteiger partial charge on any atom is 0.217 e. The number of aliphatic hydroxyl groups excluding tert-OH is 5. The predicted molar refractivity (Wildman–Crippen MR) is 83.6 cm³/mol. The van der Waals surface area contributed by atoms with Crippen LogP contribution in [0.2, 0.25) is 0 Å². The Hall–Kier alpha value is -0.890. The van der Waals surface area contributed by atoms with Crippen LogP contribution in [0.4, 0.5) is 0 Å². The highest BCUT2D eigenvalue weighted by molar-refractivity contribution is 5.73. The van der Waals surface area contributed by atoms with E-state index in [9.17, 15) is 30.3 Å². The average Bonchev–Trinajstić information content (AvgIpc) is 2.60. The predicted octanol–water partition coefficient (Wildman–Crippen LogP) is -3.57. The Labute approximate surface area is 150 Å².